The quantitative estimate of drug-likeness (QED) is 0.128. The van der Waals surface area contributed by atoms with Gasteiger partial charge in [0.1, 0.15) is 0 Å². The fourth-order valence-corrected chi connectivity index (χ4v) is 15.4. The summed E-state index contributed by atoms with van der Waals surface area (Å²) in [6.07, 6.45) is 2.25. The van der Waals surface area contributed by atoms with E-state index in [0.717, 1.165) is 47.4 Å². The Morgan fingerprint density at radius 1 is 0.737 bits per heavy atom. The largest absolute Gasteiger partial charge is 0.282 e. The number of carbonyl (C=O) groups excluding carboxylic acids is 2. The van der Waals surface area contributed by atoms with E-state index >= 15 is 0 Å². The van der Waals surface area contributed by atoms with Gasteiger partial charge in [0.25, 0.3) is 0 Å². The number of hydrogen-bond acceptors (Lipinski definition) is 10. The summed E-state index contributed by atoms with van der Waals surface area (Å²) in [5.41, 5.74) is 4.17. The maximum atomic E-state index is 11.8. The van der Waals surface area contributed by atoms with Gasteiger partial charge in [0.05, 0.1) is 9.16 Å². The molecule has 0 bridgehead atoms. The Balaban J connectivity index is 1.20. The summed E-state index contributed by atoms with van der Waals surface area (Å²) in [5.74, 6) is 8.83. The highest BCUT2D eigenvalue weighted by Gasteiger charge is 2.27. The zero-order chi connectivity index (χ0) is 27.3. The molecule has 2 aliphatic heterocycles. The maximum Gasteiger partial charge on any atom is 0.214 e. The van der Waals surface area contributed by atoms with Crippen LogP contribution in [0.15, 0.2) is 48.6 Å². The van der Waals surface area contributed by atoms with Gasteiger partial charge in [0, 0.05) is 45.0 Å². The van der Waals surface area contributed by atoms with Crippen LogP contribution in [0, 0.1) is 0 Å². The van der Waals surface area contributed by atoms with Gasteiger partial charge in [-0.25, -0.2) is 0 Å². The summed E-state index contributed by atoms with van der Waals surface area (Å²) < 4.78 is 1.31. The molecule has 2 heterocycles. The molecule has 2 aliphatic rings. The minimum atomic E-state index is 0.138. The molecule has 210 valence electrons. The summed E-state index contributed by atoms with van der Waals surface area (Å²) in [7, 11) is 0. The normalized spacial score (nSPS) is 23.0. The highest BCUT2D eigenvalue weighted by Crippen LogP contribution is 2.42. The van der Waals surface area contributed by atoms with Gasteiger partial charge < -0.3 is 0 Å². The molecule has 2 nitrogen and oxygen atoms in total. The third-order valence-electron chi connectivity index (χ3n) is 5.72. The van der Waals surface area contributed by atoms with Crippen LogP contribution in [0.4, 0.5) is 0 Å². The topological polar surface area (TPSA) is 34.1 Å². The standard InChI is InChI=1S/C28H38O2S8/c1-19(2)27(29)35-15-23-13-33-25(37-23)17-31-11-9-21-5-7-22(8-6-21)10-12-32-18-26-34-14-24(38-26)16-36-28(30)20(3)4/h5-8,23-26H,1,3,9-18H2,2,4H3. The third-order valence-corrected chi connectivity index (χ3v) is 18.0. The van der Waals surface area contributed by atoms with E-state index in [1.54, 1.807) is 13.8 Å². The number of carbonyl (C=O) groups is 2. The molecule has 2 saturated heterocycles. The number of thioether (sulfide) groups is 8. The Hall–Kier alpha value is 0.840. The van der Waals surface area contributed by atoms with Gasteiger partial charge in [0.15, 0.2) is 0 Å². The second kappa shape index (κ2) is 18.4. The molecule has 0 N–H and O–H groups in total. The Bertz CT molecular complexity index is 860. The molecule has 2 fully saturated rings. The first kappa shape index (κ1) is 33.3. The molecule has 1 aromatic rings. The first-order valence-electron chi connectivity index (χ1n) is 12.7. The van der Waals surface area contributed by atoms with Gasteiger partial charge in [-0.05, 0) is 60.5 Å². The van der Waals surface area contributed by atoms with E-state index in [9.17, 15) is 9.59 Å². The lowest BCUT2D eigenvalue weighted by Gasteiger charge is -2.10. The van der Waals surface area contributed by atoms with Crippen molar-refractivity contribution in [2.75, 3.05) is 46.0 Å². The van der Waals surface area contributed by atoms with Crippen molar-refractivity contribution in [1.82, 2.24) is 0 Å². The Morgan fingerprint density at radius 3 is 1.50 bits per heavy atom. The molecule has 1 aromatic carbocycles. The number of hydrogen-bond donors (Lipinski definition) is 0. The van der Waals surface area contributed by atoms with E-state index < -0.39 is 0 Å². The molecule has 38 heavy (non-hydrogen) atoms. The fourth-order valence-electron chi connectivity index (χ4n) is 3.56. The number of aryl methyl sites for hydroxylation is 2. The molecular weight excluding hydrogens is 625 g/mol. The summed E-state index contributed by atoms with van der Waals surface area (Å²) in [5, 5.41) is 1.44. The van der Waals surface area contributed by atoms with Gasteiger partial charge in [0.2, 0.25) is 10.2 Å². The van der Waals surface area contributed by atoms with Crippen LogP contribution < -0.4 is 0 Å². The van der Waals surface area contributed by atoms with Gasteiger partial charge in [-0.15, -0.1) is 47.0 Å². The molecule has 0 aliphatic carbocycles. The van der Waals surface area contributed by atoms with Crippen LogP contribution in [0.5, 0.6) is 0 Å². The van der Waals surface area contributed by atoms with Crippen molar-refractivity contribution in [1.29, 1.82) is 0 Å². The van der Waals surface area contributed by atoms with Crippen molar-refractivity contribution in [3.63, 3.8) is 0 Å². The Morgan fingerprint density at radius 2 is 1.13 bits per heavy atom. The van der Waals surface area contributed by atoms with E-state index in [0.29, 0.717) is 30.8 Å². The van der Waals surface area contributed by atoms with Crippen LogP contribution in [-0.2, 0) is 22.4 Å². The van der Waals surface area contributed by atoms with Crippen LogP contribution in [0.2, 0.25) is 0 Å². The monoisotopic (exact) mass is 662 g/mol. The lowest BCUT2D eigenvalue weighted by molar-refractivity contribution is -0.108. The zero-order valence-corrected chi connectivity index (χ0v) is 28.7. The smallest absolute Gasteiger partial charge is 0.214 e. The lowest BCUT2D eigenvalue weighted by atomic mass is 10.1. The van der Waals surface area contributed by atoms with Crippen molar-refractivity contribution < 1.29 is 9.59 Å². The first-order chi connectivity index (χ1) is 18.3. The lowest BCUT2D eigenvalue weighted by Crippen LogP contribution is -2.08. The van der Waals surface area contributed by atoms with Crippen LogP contribution in [0.3, 0.4) is 0 Å². The summed E-state index contributed by atoms with van der Waals surface area (Å²) >= 11 is 15.2. The predicted molar refractivity (Wildman–Crippen MR) is 188 cm³/mol. The third kappa shape index (κ3) is 12.8. The molecule has 4 atom stereocenters. The van der Waals surface area contributed by atoms with Crippen molar-refractivity contribution in [2.45, 2.75) is 46.4 Å². The van der Waals surface area contributed by atoms with Crippen molar-refractivity contribution in [3.8, 4) is 0 Å². The van der Waals surface area contributed by atoms with E-state index in [4.69, 9.17) is 0 Å². The van der Waals surface area contributed by atoms with Crippen LogP contribution in [0.25, 0.3) is 0 Å². The second-order valence-electron chi connectivity index (χ2n) is 9.27. The van der Waals surface area contributed by atoms with Crippen molar-refractivity contribution in [2.24, 2.45) is 0 Å². The molecule has 0 amide bonds. The van der Waals surface area contributed by atoms with E-state index in [1.165, 1.54) is 46.2 Å². The van der Waals surface area contributed by atoms with Gasteiger partial charge in [-0.3, -0.25) is 9.59 Å². The molecular formula is C28H38O2S8. The maximum absolute atomic E-state index is 11.8. The van der Waals surface area contributed by atoms with Gasteiger partial charge >= 0.3 is 0 Å². The van der Waals surface area contributed by atoms with E-state index in [1.807, 2.05) is 0 Å². The molecule has 0 spiro atoms. The van der Waals surface area contributed by atoms with Crippen molar-refractivity contribution in [3.05, 3.63) is 59.7 Å². The molecule has 0 radical (unpaired) electrons. The fraction of sp³-hybridized carbons (Fsp3) is 0.571. The SMILES string of the molecule is C=C(C)C(=O)SCC1CSC(CSCCc2ccc(CCSCC3SCC(CSC(=O)C(=C)C)S3)cc2)S1. The minimum Gasteiger partial charge on any atom is -0.282 e. The summed E-state index contributed by atoms with van der Waals surface area (Å²) in [6, 6.07) is 9.23. The van der Waals surface area contributed by atoms with Crippen LogP contribution in [0.1, 0.15) is 25.0 Å². The van der Waals surface area contributed by atoms with Crippen LogP contribution >= 0.6 is 94.1 Å². The molecule has 10 heteroatoms. The Labute approximate surface area is 263 Å². The first-order valence-corrected chi connectivity index (χ1v) is 21.0. The van der Waals surface area contributed by atoms with E-state index in [-0.39, 0.29) is 10.2 Å². The second-order valence-corrected chi connectivity index (χ2v) is 19.6. The van der Waals surface area contributed by atoms with Crippen molar-refractivity contribution >= 4 is 104 Å². The average Bonchev–Trinajstić information content (AvgIpc) is 3.56. The minimum absolute atomic E-state index is 0.138. The molecule has 4 unspecified atom stereocenters. The number of benzene rings is 1. The summed E-state index contributed by atoms with van der Waals surface area (Å²) in [4.78, 5) is 23.5. The molecule has 3 rings (SSSR count). The number of rotatable bonds is 16. The van der Waals surface area contributed by atoms with E-state index in [2.05, 4.69) is 108 Å². The highest BCUT2D eigenvalue weighted by molar-refractivity contribution is 8.23. The molecule has 0 aromatic heterocycles. The predicted octanol–water partition coefficient (Wildman–Crippen LogP) is 8.26. The summed E-state index contributed by atoms with van der Waals surface area (Å²) in [6.45, 7) is 11.1. The van der Waals surface area contributed by atoms with Crippen LogP contribution in [-0.4, -0.2) is 75.9 Å². The van der Waals surface area contributed by atoms with Gasteiger partial charge in [-0.1, -0.05) is 60.9 Å². The molecule has 0 saturated carbocycles. The average molecular weight is 663 g/mol. The highest BCUT2D eigenvalue weighted by atomic mass is 32.2. The van der Waals surface area contributed by atoms with Gasteiger partial charge in [-0.2, -0.15) is 23.5 Å². The Kier molecular flexibility index (Phi) is 16.1. The zero-order valence-electron chi connectivity index (χ0n) is 22.2.